The SMILES string of the molecule is CCc1c(C(=O)c2cc(Br)c(O)c(Br)c2)oc2ccccc12. The predicted molar refractivity (Wildman–Crippen MR) is 92.5 cm³/mol. The summed E-state index contributed by atoms with van der Waals surface area (Å²) in [4.78, 5) is 12.8. The van der Waals surface area contributed by atoms with Crippen molar-refractivity contribution in [3.05, 3.63) is 62.2 Å². The third kappa shape index (κ3) is 2.48. The number of phenols is 1. The van der Waals surface area contributed by atoms with Gasteiger partial charge in [-0.2, -0.15) is 0 Å². The number of benzene rings is 2. The number of halogens is 2. The van der Waals surface area contributed by atoms with Gasteiger partial charge in [-0.15, -0.1) is 0 Å². The Labute approximate surface area is 144 Å². The summed E-state index contributed by atoms with van der Waals surface area (Å²) in [6.07, 6.45) is 0.707. The monoisotopic (exact) mass is 422 g/mol. The number of carbonyl (C=O) groups is 1. The van der Waals surface area contributed by atoms with Crippen molar-refractivity contribution in [3.8, 4) is 5.75 Å². The summed E-state index contributed by atoms with van der Waals surface area (Å²) in [6, 6.07) is 10.8. The second-order valence-electron chi connectivity index (χ2n) is 4.88. The van der Waals surface area contributed by atoms with Crippen molar-refractivity contribution in [2.24, 2.45) is 0 Å². The number of hydrogen-bond acceptors (Lipinski definition) is 3. The summed E-state index contributed by atoms with van der Waals surface area (Å²) in [5.74, 6) is 0.222. The van der Waals surface area contributed by atoms with Gasteiger partial charge >= 0.3 is 0 Å². The van der Waals surface area contributed by atoms with Crippen LogP contribution in [0, 0.1) is 0 Å². The highest BCUT2D eigenvalue weighted by Gasteiger charge is 2.22. The van der Waals surface area contributed by atoms with Crippen molar-refractivity contribution in [2.75, 3.05) is 0 Å². The highest BCUT2D eigenvalue weighted by Crippen LogP contribution is 2.35. The van der Waals surface area contributed by atoms with Crippen LogP contribution in [-0.2, 0) is 6.42 Å². The van der Waals surface area contributed by atoms with Crippen LogP contribution in [0.25, 0.3) is 11.0 Å². The largest absolute Gasteiger partial charge is 0.506 e. The summed E-state index contributed by atoms with van der Waals surface area (Å²) < 4.78 is 6.69. The van der Waals surface area contributed by atoms with Gasteiger partial charge in [0.1, 0.15) is 11.3 Å². The summed E-state index contributed by atoms with van der Waals surface area (Å²) >= 11 is 6.49. The average molecular weight is 424 g/mol. The summed E-state index contributed by atoms with van der Waals surface area (Å²) in [6.45, 7) is 2.00. The normalized spacial score (nSPS) is 11.0. The number of aryl methyl sites for hydroxylation is 1. The minimum atomic E-state index is -0.200. The first kappa shape index (κ1) is 15.3. The minimum absolute atomic E-state index is 0.0665. The van der Waals surface area contributed by atoms with Gasteiger partial charge in [-0.25, -0.2) is 0 Å². The quantitative estimate of drug-likeness (QED) is 0.569. The molecule has 0 saturated carbocycles. The number of phenolic OH excluding ortho intramolecular Hbond substituents is 1. The molecule has 0 aliphatic carbocycles. The van der Waals surface area contributed by atoms with E-state index in [0.717, 1.165) is 10.9 Å². The van der Waals surface area contributed by atoms with Gasteiger partial charge in [-0.3, -0.25) is 4.79 Å². The maximum absolute atomic E-state index is 12.8. The molecule has 112 valence electrons. The second kappa shape index (κ2) is 5.89. The summed E-state index contributed by atoms with van der Waals surface area (Å²) in [7, 11) is 0. The molecule has 0 bridgehead atoms. The number of ketones is 1. The van der Waals surface area contributed by atoms with Gasteiger partial charge in [0, 0.05) is 16.5 Å². The van der Waals surface area contributed by atoms with Gasteiger partial charge in [-0.1, -0.05) is 25.1 Å². The molecular formula is C17H12Br2O3. The fourth-order valence-corrected chi connectivity index (χ4v) is 3.65. The Morgan fingerprint density at radius 2 is 1.82 bits per heavy atom. The van der Waals surface area contributed by atoms with E-state index in [9.17, 15) is 9.90 Å². The van der Waals surface area contributed by atoms with Crippen molar-refractivity contribution in [2.45, 2.75) is 13.3 Å². The summed E-state index contributed by atoms with van der Waals surface area (Å²) in [5, 5.41) is 10.7. The maximum Gasteiger partial charge on any atom is 0.228 e. The lowest BCUT2D eigenvalue weighted by Gasteiger charge is -2.05. The highest BCUT2D eigenvalue weighted by molar-refractivity contribution is 9.11. The molecule has 0 amide bonds. The van der Waals surface area contributed by atoms with E-state index in [1.807, 2.05) is 31.2 Å². The zero-order valence-corrected chi connectivity index (χ0v) is 14.9. The number of furan rings is 1. The molecule has 3 aromatic rings. The minimum Gasteiger partial charge on any atom is -0.506 e. The highest BCUT2D eigenvalue weighted by atomic mass is 79.9. The van der Waals surface area contributed by atoms with E-state index in [-0.39, 0.29) is 11.5 Å². The van der Waals surface area contributed by atoms with Crippen LogP contribution in [0.2, 0.25) is 0 Å². The number of rotatable bonds is 3. The van der Waals surface area contributed by atoms with Crippen LogP contribution >= 0.6 is 31.9 Å². The Morgan fingerprint density at radius 3 is 2.45 bits per heavy atom. The molecule has 0 aliphatic rings. The van der Waals surface area contributed by atoms with E-state index in [1.54, 1.807) is 12.1 Å². The third-order valence-corrected chi connectivity index (χ3v) is 4.75. The number of aromatic hydroxyl groups is 1. The average Bonchev–Trinajstić information content (AvgIpc) is 2.89. The molecule has 0 spiro atoms. The van der Waals surface area contributed by atoms with Gasteiger partial charge in [0.05, 0.1) is 8.95 Å². The molecular weight excluding hydrogens is 412 g/mol. The maximum atomic E-state index is 12.8. The van der Waals surface area contributed by atoms with Gasteiger partial charge in [0.15, 0.2) is 5.76 Å². The van der Waals surface area contributed by atoms with Crippen molar-refractivity contribution in [3.63, 3.8) is 0 Å². The molecule has 0 fully saturated rings. The van der Waals surface area contributed by atoms with E-state index >= 15 is 0 Å². The molecule has 3 rings (SSSR count). The van der Waals surface area contributed by atoms with E-state index < -0.39 is 0 Å². The van der Waals surface area contributed by atoms with E-state index in [4.69, 9.17) is 4.42 Å². The molecule has 0 radical (unpaired) electrons. The lowest BCUT2D eigenvalue weighted by atomic mass is 10.0. The number of fused-ring (bicyclic) bond motifs is 1. The van der Waals surface area contributed by atoms with Crippen LogP contribution in [0.15, 0.2) is 49.8 Å². The van der Waals surface area contributed by atoms with Crippen molar-refractivity contribution < 1.29 is 14.3 Å². The van der Waals surface area contributed by atoms with Crippen LogP contribution in [-0.4, -0.2) is 10.9 Å². The first-order chi connectivity index (χ1) is 10.5. The Morgan fingerprint density at radius 1 is 1.18 bits per heavy atom. The molecule has 3 nitrogen and oxygen atoms in total. The molecule has 1 heterocycles. The van der Waals surface area contributed by atoms with Crippen LogP contribution in [0.1, 0.15) is 28.6 Å². The van der Waals surface area contributed by atoms with Crippen LogP contribution in [0.3, 0.4) is 0 Å². The first-order valence-corrected chi connectivity index (χ1v) is 8.34. The molecule has 0 atom stereocenters. The fourth-order valence-electron chi connectivity index (χ4n) is 2.46. The molecule has 22 heavy (non-hydrogen) atoms. The second-order valence-corrected chi connectivity index (χ2v) is 6.59. The topological polar surface area (TPSA) is 50.4 Å². The zero-order chi connectivity index (χ0) is 15.9. The van der Waals surface area contributed by atoms with Crippen molar-refractivity contribution >= 4 is 48.6 Å². The predicted octanol–water partition coefficient (Wildman–Crippen LogP) is 5.46. The molecule has 1 aromatic heterocycles. The Bertz CT molecular complexity index is 858. The molecule has 0 aliphatic heterocycles. The molecule has 5 heteroatoms. The van der Waals surface area contributed by atoms with Gasteiger partial charge in [0.2, 0.25) is 5.78 Å². The Balaban J connectivity index is 2.17. The number of para-hydroxylation sites is 1. The third-order valence-electron chi connectivity index (χ3n) is 3.54. The molecule has 1 N–H and O–H groups in total. The first-order valence-electron chi connectivity index (χ1n) is 6.76. The molecule has 2 aromatic carbocycles. The van der Waals surface area contributed by atoms with Crippen LogP contribution < -0.4 is 0 Å². The van der Waals surface area contributed by atoms with Gasteiger partial charge in [-0.05, 0) is 56.5 Å². The zero-order valence-electron chi connectivity index (χ0n) is 11.7. The van der Waals surface area contributed by atoms with Crippen LogP contribution in [0.4, 0.5) is 0 Å². The Kier molecular flexibility index (Phi) is 4.10. The lowest BCUT2D eigenvalue weighted by molar-refractivity contribution is 0.101. The number of carbonyl (C=O) groups excluding carboxylic acids is 1. The standard InChI is InChI=1S/C17H12Br2O3/c1-2-10-11-5-3-4-6-14(11)22-17(10)15(20)9-7-12(18)16(21)13(19)8-9/h3-8,21H,2H2,1H3. The van der Waals surface area contributed by atoms with Crippen molar-refractivity contribution in [1.82, 2.24) is 0 Å². The van der Waals surface area contributed by atoms with Gasteiger partial charge in [0.25, 0.3) is 0 Å². The number of hydrogen-bond donors (Lipinski definition) is 1. The fraction of sp³-hybridized carbons (Fsp3) is 0.118. The van der Waals surface area contributed by atoms with E-state index in [0.29, 0.717) is 32.3 Å². The van der Waals surface area contributed by atoms with E-state index in [1.165, 1.54) is 0 Å². The van der Waals surface area contributed by atoms with Gasteiger partial charge < -0.3 is 9.52 Å². The van der Waals surface area contributed by atoms with E-state index in [2.05, 4.69) is 31.9 Å². The Hall–Kier alpha value is -1.59. The molecule has 0 unspecified atom stereocenters. The summed E-state index contributed by atoms with van der Waals surface area (Å²) in [5.41, 5.74) is 2.06. The van der Waals surface area contributed by atoms with Crippen molar-refractivity contribution in [1.29, 1.82) is 0 Å². The van der Waals surface area contributed by atoms with Crippen LogP contribution in [0.5, 0.6) is 5.75 Å². The molecule has 0 saturated heterocycles. The lowest BCUT2D eigenvalue weighted by Crippen LogP contribution is -2.03. The smallest absolute Gasteiger partial charge is 0.228 e.